The normalized spacial score (nSPS) is 12.1. The number of nitrogens with one attached hydrogen (secondary N) is 2. The number of rotatable bonds is 10. The molecule has 0 fully saturated rings. The highest BCUT2D eigenvalue weighted by atomic mass is 35.5. The number of esters is 1. The predicted octanol–water partition coefficient (Wildman–Crippen LogP) is 4.77. The van der Waals surface area contributed by atoms with Crippen LogP contribution in [-0.4, -0.2) is 38.3 Å². The summed E-state index contributed by atoms with van der Waals surface area (Å²) in [5.74, 6) is 0.121. The molecule has 1 amide bonds. The Labute approximate surface area is 186 Å². The van der Waals surface area contributed by atoms with E-state index < -0.39 is 0 Å². The van der Waals surface area contributed by atoms with E-state index in [1.165, 1.54) is 4.63 Å². The molecule has 1 atom stereocenters. The standard InChI is InChI=1S/C22H28ClN5O3/c1-4-6-7-15(5-2)22(30)31-13-12-18(29)24-17-10-8-16(9-11-17)20-25-21-19(23)14(3)26-28(21)27-20/h8-11,15H,4-7,12-13H2,1-3H3,(H,24,29)(H,25,27). The molecule has 9 heteroatoms. The first-order chi connectivity index (χ1) is 14.9. The molecule has 0 saturated heterocycles. The fourth-order valence-electron chi connectivity index (χ4n) is 3.27. The molecule has 3 aromatic rings. The van der Waals surface area contributed by atoms with Crippen molar-refractivity contribution in [2.24, 2.45) is 5.92 Å². The monoisotopic (exact) mass is 445 g/mol. The number of unbranched alkanes of at least 4 members (excludes halogenated alkanes) is 1. The minimum Gasteiger partial charge on any atom is -0.465 e. The molecule has 0 spiro atoms. The van der Waals surface area contributed by atoms with Crippen LogP contribution < -0.4 is 5.32 Å². The van der Waals surface area contributed by atoms with Gasteiger partial charge in [0.05, 0.1) is 18.0 Å². The van der Waals surface area contributed by atoms with Crippen LogP contribution in [0.2, 0.25) is 5.02 Å². The van der Waals surface area contributed by atoms with Crippen LogP contribution in [0.1, 0.15) is 51.6 Å². The molecule has 0 saturated carbocycles. The van der Waals surface area contributed by atoms with Crippen LogP contribution in [0, 0.1) is 12.8 Å². The zero-order valence-electron chi connectivity index (χ0n) is 18.1. The average molecular weight is 446 g/mol. The Bertz CT molecular complexity index is 1040. The number of hydrogen-bond donors (Lipinski definition) is 2. The second-order valence-electron chi connectivity index (χ2n) is 7.50. The summed E-state index contributed by atoms with van der Waals surface area (Å²) >= 11 is 6.20. The van der Waals surface area contributed by atoms with Crippen LogP contribution in [0.3, 0.4) is 0 Å². The lowest BCUT2D eigenvalue weighted by Crippen LogP contribution is -2.20. The number of aromatic nitrogens is 4. The zero-order chi connectivity index (χ0) is 22.4. The first kappa shape index (κ1) is 22.8. The number of benzene rings is 1. The van der Waals surface area contributed by atoms with Gasteiger partial charge in [0.2, 0.25) is 5.91 Å². The highest BCUT2D eigenvalue weighted by molar-refractivity contribution is 6.34. The van der Waals surface area contributed by atoms with Gasteiger partial charge in [-0.05, 0) is 44.0 Å². The van der Waals surface area contributed by atoms with Crippen molar-refractivity contribution in [3.63, 3.8) is 0 Å². The van der Waals surface area contributed by atoms with Crippen molar-refractivity contribution in [1.29, 1.82) is 0 Å². The van der Waals surface area contributed by atoms with Gasteiger partial charge in [-0.3, -0.25) is 9.59 Å². The SMILES string of the molecule is CCCCC(CC)C(=O)OCCC(=O)Nc1ccc(-c2nn3nc(C)c(Cl)c3[nH]2)cc1. The second-order valence-corrected chi connectivity index (χ2v) is 7.88. The third kappa shape index (κ3) is 5.64. The average Bonchev–Trinajstić information content (AvgIpc) is 3.28. The molecule has 8 nitrogen and oxygen atoms in total. The highest BCUT2D eigenvalue weighted by Crippen LogP contribution is 2.24. The molecule has 2 heterocycles. The van der Waals surface area contributed by atoms with Crippen LogP contribution in [0.4, 0.5) is 5.69 Å². The van der Waals surface area contributed by atoms with Crippen molar-refractivity contribution < 1.29 is 14.3 Å². The molecule has 0 aliphatic heterocycles. The minimum absolute atomic E-state index is 0.0811. The van der Waals surface area contributed by atoms with E-state index in [-0.39, 0.29) is 30.8 Å². The highest BCUT2D eigenvalue weighted by Gasteiger charge is 2.18. The fraction of sp³-hybridized carbons (Fsp3) is 0.455. The number of anilines is 1. The molecule has 166 valence electrons. The topological polar surface area (TPSA) is 101 Å². The van der Waals surface area contributed by atoms with E-state index >= 15 is 0 Å². The first-order valence-electron chi connectivity index (χ1n) is 10.6. The lowest BCUT2D eigenvalue weighted by Gasteiger charge is -2.13. The molecule has 0 aliphatic rings. The maximum atomic E-state index is 12.2. The Balaban J connectivity index is 1.50. The van der Waals surface area contributed by atoms with Crippen LogP contribution in [0.15, 0.2) is 24.3 Å². The molecule has 2 N–H and O–H groups in total. The lowest BCUT2D eigenvalue weighted by molar-refractivity contribution is -0.149. The summed E-state index contributed by atoms with van der Waals surface area (Å²) < 4.78 is 6.75. The first-order valence-corrected chi connectivity index (χ1v) is 11.0. The summed E-state index contributed by atoms with van der Waals surface area (Å²) in [5, 5.41) is 12.0. The van der Waals surface area contributed by atoms with Crippen LogP contribution >= 0.6 is 11.6 Å². The van der Waals surface area contributed by atoms with Crippen molar-refractivity contribution in [3.05, 3.63) is 35.0 Å². The van der Waals surface area contributed by atoms with E-state index in [1.54, 1.807) is 12.1 Å². The van der Waals surface area contributed by atoms with Gasteiger partial charge in [0.15, 0.2) is 11.5 Å². The van der Waals surface area contributed by atoms with Gasteiger partial charge in [-0.2, -0.15) is 5.10 Å². The van der Waals surface area contributed by atoms with E-state index in [1.807, 2.05) is 26.0 Å². The molecule has 2 aromatic heterocycles. The number of aromatic amines is 1. The van der Waals surface area contributed by atoms with Gasteiger partial charge in [0.25, 0.3) is 0 Å². The van der Waals surface area contributed by atoms with Gasteiger partial charge in [-0.25, -0.2) is 0 Å². The van der Waals surface area contributed by atoms with Gasteiger partial charge in [-0.15, -0.1) is 9.73 Å². The molecule has 1 unspecified atom stereocenters. The van der Waals surface area contributed by atoms with Crippen LogP contribution in [0.5, 0.6) is 0 Å². The quantitative estimate of drug-likeness (QED) is 0.437. The second kappa shape index (κ2) is 10.4. The maximum Gasteiger partial charge on any atom is 0.308 e. The van der Waals surface area contributed by atoms with Crippen molar-refractivity contribution >= 4 is 34.8 Å². The Hall–Kier alpha value is -2.87. The Morgan fingerprint density at radius 3 is 2.61 bits per heavy atom. The lowest BCUT2D eigenvalue weighted by atomic mass is 10.00. The van der Waals surface area contributed by atoms with Crippen molar-refractivity contribution in [1.82, 2.24) is 19.8 Å². The minimum atomic E-state index is -0.215. The molecule has 0 aliphatic carbocycles. The number of fused-ring (bicyclic) bond motifs is 1. The van der Waals surface area contributed by atoms with Gasteiger partial charge < -0.3 is 15.0 Å². The van der Waals surface area contributed by atoms with Crippen LogP contribution in [-0.2, 0) is 14.3 Å². The van der Waals surface area contributed by atoms with E-state index in [4.69, 9.17) is 16.3 Å². The van der Waals surface area contributed by atoms with E-state index in [0.29, 0.717) is 27.9 Å². The molecule has 1 aromatic carbocycles. The maximum absolute atomic E-state index is 12.2. The van der Waals surface area contributed by atoms with E-state index in [0.717, 1.165) is 31.2 Å². The molecule has 0 bridgehead atoms. The summed E-state index contributed by atoms with van der Waals surface area (Å²) in [7, 11) is 0. The summed E-state index contributed by atoms with van der Waals surface area (Å²) in [5.41, 5.74) is 2.84. The van der Waals surface area contributed by atoms with Gasteiger partial charge in [0, 0.05) is 11.3 Å². The van der Waals surface area contributed by atoms with Crippen molar-refractivity contribution in [2.45, 2.75) is 52.9 Å². The molecule has 3 rings (SSSR count). The summed E-state index contributed by atoms with van der Waals surface area (Å²) in [6, 6.07) is 7.26. The zero-order valence-corrected chi connectivity index (χ0v) is 18.8. The number of H-pyrrole nitrogens is 1. The largest absolute Gasteiger partial charge is 0.465 e. The number of carbonyl (C=O) groups is 2. The van der Waals surface area contributed by atoms with Crippen molar-refractivity contribution in [3.8, 4) is 11.4 Å². The van der Waals surface area contributed by atoms with Gasteiger partial charge >= 0.3 is 5.97 Å². The number of aryl methyl sites for hydroxylation is 1. The number of nitrogens with zero attached hydrogens (tertiary/aromatic N) is 3. The Morgan fingerprint density at radius 2 is 1.97 bits per heavy atom. The number of ether oxygens (including phenoxy) is 1. The summed E-state index contributed by atoms with van der Waals surface area (Å²) in [6.07, 6.45) is 3.75. The summed E-state index contributed by atoms with van der Waals surface area (Å²) in [6.45, 7) is 5.97. The number of carbonyl (C=O) groups excluding carboxylic acids is 2. The van der Waals surface area contributed by atoms with E-state index in [2.05, 4.69) is 27.4 Å². The van der Waals surface area contributed by atoms with Crippen LogP contribution in [0.25, 0.3) is 17.0 Å². The van der Waals surface area contributed by atoms with Crippen molar-refractivity contribution in [2.75, 3.05) is 11.9 Å². The molecular weight excluding hydrogens is 418 g/mol. The Kier molecular flexibility index (Phi) is 7.68. The Morgan fingerprint density at radius 1 is 1.23 bits per heavy atom. The fourth-order valence-corrected chi connectivity index (χ4v) is 3.43. The molecular formula is C22H28ClN5O3. The number of halogens is 1. The smallest absolute Gasteiger partial charge is 0.308 e. The third-order valence-corrected chi connectivity index (χ3v) is 5.60. The number of amides is 1. The predicted molar refractivity (Wildman–Crippen MR) is 120 cm³/mol. The molecule has 31 heavy (non-hydrogen) atoms. The molecule has 0 radical (unpaired) electrons. The van der Waals surface area contributed by atoms with Gasteiger partial charge in [-0.1, -0.05) is 38.3 Å². The van der Waals surface area contributed by atoms with E-state index in [9.17, 15) is 9.59 Å². The summed E-state index contributed by atoms with van der Waals surface area (Å²) in [4.78, 5) is 27.4. The third-order valence-electron chi connectivity index (χ3n) is 5.15. The van der Waals surface area contributed by atoms with Gasteiger partial charge in [0.1, 0.15) is 11.6 Å². The number of hydrogen-bond acceptors (Lipinski definition) is 5.